The Kier molecular flexibility index (Phi) is 4.69. The molecular weight excluding hydrogens is 270 g/mol. The summed E-state index contributed by atoms with van der Waals surface area (Å²) in [4.78, 5) is 12.2. The number of benzene rings is 2. The molecule has 0 heterocycles. The van der Waals surface area contributed by atoms with Crippen LogP contribution in [0.1, 0.15) is 21.5 Å². The largest absolute Gasteiger partial charge is 0.506 e. The van der Waals surface area contributed by atoms with Gasteiger partial charge in [-0.05, 0) is 48.6 Å². The van der Waals surface area contributed by atoms with Crippen molar-refractivity contribution < 1.29 is 9.90 Å². The zero-order valence-electron chi connectivity index (χ0n) is 11.5. The lowest BCUT2D eigenvalue weighted by atomic mass is 10.1. The fraction of sp³-hybridized carbons (Fsp3) is 0.188. The smallest absolute Gasteiger partial charge is 0.255 e. The van der Waals surface area contributed by atoms with E-state index in [-0.39, 0.29) is 11.7 Å². The number of anilines is 1. The molecule has 4 heteroatoms. The third-order valence-electron chi connectivity index (χ3n) is 2.90. The molecule has 0 atom stereocenters. The fourth-order valence-corrected chi connectivity index (χ4v) is 2.42. The summed E-state index contributed by atoms with van der Waals surface area (Å²) in [5, 5.41) is 12.5. The van der Waals surface area contributed by atoms with Crippen molar-refractivity contribution in [1.82, 2.24) is 0 Å². The van der Waals surface area contributed by atoms with Crippen molar-refractivity contribution in [3.63, 3.8) is 0 Å². The van der Waals surface area contributed by atoms with E-state index in [0.29, 0.717) is 11.3 Å². The molecular formula is C16H17NO2S. The van der Waals surface area contributed by atoms with Gasteiger partial charge in [-0.1, -0.05) is 18.2 Å². The molecule has 0 unspecified atom stereocenters. The number of rotatable bonds is 4. The lowest BCUT2D eigenvalue weighted by molar-refractivity contribution is 0.102. The van der Waals surface area contributed by atoms with Crippen LogP contribution in [0, 0.1) is 6.92 Å². The summed E-state index contributed by atoms with van der Waals surface area (Å²) in [6.07, 6.45) is 2.02. The molecule has 2 N–H and O–H groups in total. The predicted octanol–water partition coefficient (Wildman–Crippen LogP) is 3.82. The van der Waals surface area contributed by atoms with Gasteiger partial charge in [0.15, 0.2) is 0 Å². The number of thioether (sulfide) groups is 1. The van der Waals surface area contributed by atoms with E-state index in [2.05, 4.69) is 5.32 Å². The van der Waals surface area contributed by atoms with E-state index >= 15 is 0 Å². The van der Waals surface area contributed by atoms with Gasteiger partial charge in [-0.15, -0.1) is 0 Å². The topological polar surface area (TPSA) is 49.3 Å². The van der Waals surface area contributed by atoms with Crippen molar-refractivity contribution in [2.75, 3.05) is 11.6 Å². The molecule has 0 saturated heterocycles. The number of aromatic hydroxyl groups is 1. The maximum atomic E-state index is 12.2. The summed E-state index contributed by atoms with van der Waals surface area (Å²) in [7, 11) is 0. The Morgan fingerprint density at radius 2 is 2.05 bits per heavy atom. The maximum absolute atomic E-state index is 12.2. The van der Waals surface area contributed by atoms with Crippen LogP contribution in [0.4, 0.5) is 5.69 Å². The first-order valence-corrected chi connectivity index (χ1v) is 7.68. The molecule has 1 amide bonds. The van der Waals surface area contributed by atoms with E-state index in [1.54, 1.807) is 30.0 Å². The van der Waals surface area contributed by atoms with Crippen molar-refractivity contribution in [1.29, 1.82) is 0 Å². The number of phenols is 1. The lowest BCUT2D eigenvalue weighted by Gasteiger charge is -2.09. The van der Waals surface area contributed by atoms with Gasteiger partial charge in [-0.2, -0.15) is 11.8 Å². The molecule has 0 bridgehead atoms. The third-order valence-corrected chi connectivity index (χ3v) is 3.52. The van der Waals surface area contributed by atoms with Gasteiger partial charge in [0.2, 0.25) is 0 Å². The van der Waals surface area contributed by atoms with E-state index in [1.807, 2.05) is 37.4 Å². The number of carbonyl (C=O) groups excluding carboxylic acids is 1. The Labute approximate surface area is 123 Å². The van der Waals surface area contributed by atoms with Gasteiger partial charge < -0.3 is 10.4 Å². The average Bonchev–Trinajstić information content (AvgIpc) is 2.42. The molecule has 0 radical (unpaired) electrons. The average molecular weight is 287 g/mol. The molecule has 0 fully saturated rings. The number of hydrogen-bond donors (Lipinski definition) is 2. The molecule has 0 aliphatic heterocycles. The van der Waals surface area contributed by atoms with E-state index < -0.39 is 0 Å². The highest BCUT2D eigenvalue weighted by atomic mass is 32.2. The molecule has 0 spiro atoms. The molecule has 0 aliphatic carbocycles. The quantitative estimate of drug-likeness (QED) is 0.841. The predicted molar refractivity (Wildman–Crippen MR) is 84.5 cm³/mol. The van der Waals surface area contributed by atoms with E-state index in [9.17, 15) is 9.90 Å². The minimum atomic E-state index is -0.216. The number of hydrogen-bond acceptors (Lipinski definition) is 3. The molecule has 0 aromatic heterocycles. The van der Waals surface area contributed by atoms with Crippen molar-refractivity contribution in [3.8, 4) is 5.75 Å². The van der Waals surface area contributed by atoms with Crippen LogP contribution in [0.3, 0.4) is 0 Å². The molecule has 3 nitrogen and oxygen atoms in total. The van der Waals surface area contributed by atoms with Crippen LogP contribution >= 0.6 is 11.8 Å². The second-order valence-electron chi connectivity index (χ2n) is 4.61. The van der Waals surface area contributed by atoms with Crippen LogP contribution in [0.2, 0.25) is 0 Å². The summed E-state index contributed by atoms with van der Waals surface area (Å²) >= 11 is 1.71. The minimum absolute atomic E-state index is 0.0821. The Morgan fingerprint density at radius 1 is 1.25 bits per heavy atom. The molecule has 2 aromatic rings. The van der Waals surface area contributed by atoms with E-state index in [0.717, 1.165) is 16.9 Å². The van der Waals surface area contributed by atoms with Gasteiger partial charge in [-0.3, -0.25) is 4.79 Å². The summed E-state index contributed by atoms with van der Waals surface area (Å²) in [5.41, 5.74) is 3.08. The second-order valence-corrected chi connectivity index (χ2v) is 5.47. The Morgan fingerprint density at radius 3 is 2.75 bits per heavy atom. The molecule has 2 aromatic carbocycles. The highest BCUT2D eigenvalue weighted by Gasteiger charge is 2.09. The van der Waals surface area contributed by atoms with Crippen molar-refractivity contribution in [2.45, 2.75) is 12.7 Å². The highest BCUT2D eigenvalue weighted by Crippen LogP contribution is 2.24. The SMILES string of the molecule is CSCc1cccc(C(=O)Nc2ccc(C)cc2O)c1. The molecule has 20 heavy (non-hydrogen) atoms. The minimum Gasteiger partial charge on any atom is -0.506 e. The molecule has 2 rings (SSSR count). The zero-order chi connectivity index (χ0) is 14.5. The fourth-order valence-electron chi connectivity index (χ4n) is 1.91. The van der Waals surface area contributed by atoms with Crippen molar-refractivity contribution in [3.05, 3.63) is 59.2 Å². The Bertz CT molecular complexity index is 626. The monoisotopic (exact) mass is 287 g/mol. The Hall–Kier alpha value is -1.94. The van der Waals surface area contributed by atoms with Gasteiger partial charge in [0.05, 0.1) is 5.69 Å². The Balaban J connectivity index is 2.17. The first-order valence-electron chi connectivity index (χ1n) is 6.29. The van der Waals surface area contributed by atoms with Crippen LogP contribution in [-0.2, 0) is 5.75 Å². The van der Waals surface area contributed by atoms with Gasteiger partial charge in [0.25, 0.3) is 5.91 Å². The maximum Gasteiger partial charge on any atom is 0.255 e. The summed E-state index contributed by atoms with van der Waals surface area (Å²) in [5.74, 6) is 0.738. The molecule has 0 saturated carbocycles. The molecule has 0 aliphatic rings. The molecule has 104 valence electrons. The van der Waals surface area contributed by atoms with Crippen LogP contribution in [0.5, 0.6) is 5.75 Å². The number of phenolic OH excluding ortho intramolecular Hbond substituents is 1. The van der Waals surface area contributed by atoms with Gasteiger partial charge in [-0.25, -0.2) is 0 Å². The van der Waals surface area contributed by atoms with Crippen molar-refractivity contribution in [2.24, 2.45) is 0 Å². The first kappa shape index (κ1) is 14.5. The third kappa shape index (κ3) is 3.54. The van der Waals surface area contributed by atoms with Gasteiger partial charge in [0.1, 0.15) is 5.75 Å². The van der Waals surface area contributed by atoms with Crippen LogP contribution < -0.4 is 5.32 Å². The zero-order valence-corrected chi connectivity index (χ0v) is 12.3. The second kappa shape index (κ2) is 6.48. The van der Waals surface area contributed by atoms with Crippen LogP contribution in [0.15, 0.2) is 42.5 Å². The lowest BCUT2D eigenvalue weighted by Crippen LogP contribution is -2.12. The van der Waals surface area contributed by atoms with Crippen LogP contribution in [-0.4, -0.2) is 17.3 Å². The van der Waals surface area contributed by atoms with Crippen LogP contribution in [0.25, 0.3) is 0 Å². The van der Waals surface area contributed by atoms with E-state index in [4.69, 9.17) is 0 Å². The summed E-state index contributed by atoms with van der Waals surface area (Å²) in [6, 6.07) is 12.7. The first-order chi connectivity index (χ1) is 9.60. The van der Waals surface area contributed by atoms with Gasteiger partial charge >= 0.3 is 0 Å². The summed E-state index contributed by atoms with van der Waals surface area (Å²) in [6.45, 7) is 1.89. The van der Waals surface area contributed by atoms with E-state index in [1.165, 1.54) is 0 Å². The number of amides is 1. The normalized spacial score (nSPS) is 10.3. The number of carbonyl (C=O) groups is 1. The summed E-state index contributed by atoms with van der Waals surface area (Å²) < 4.78 is 0. The van der Waals surface area contributed by atoms with Crippen molar-refractivity contribution >= 4 is 23.4 Å². The highest BCUT2D eigenvalue weighted by molar-refractivity contribution is 7.97. The standard InChI is InChI=1S/C16H17NO2S/c1-11-6-7-14(15(18)8-11)17-16(19)13-5-3-4-12(9-13)10-20-2/h3-9,18H,10H2,1-2H3,(H,17,19). The number of nitrogens with one attached hydrogen (secondary N) is 1. The van der Waals surface area contributed by atoms with Gasteiger partial charge in [0, 0.05) is 11.3 Å². The number of aryl methyl sites for hydroxylation is 1.